The van der Waals surface area contributed by atoms with Crippen molar-refractivity contribution in [3.63, 3.8) is 0 Å². The number of ketones is 1. The number of ether oxygens (including phenoxy) is 1. The van der Waals surface area contributed by atoms with E-state index in [1.807, 2.05) is 0 Å². The van der Waals surface area contributed by atoms with E-state index < -0.39 is 0 Å². The summed E-state index contributed by atoms with van der Waals surface area (Å²) in [5.74, 6) is -0.0985. The number of hydrogen-bond acceptors (Lipinski definition) is 4. The molecule has 1 fully saturated rings. The van der Waals surface area contributed by atoms with Crippen molar-refractivity contribution in [1.29, 1.82) is 0 Å². The number of nitrogens with zero attached hydrogens (tertiary/aromatic N) is 1. The zero-order valence-corrected chi connectivity index (χ0v) is 14.2. The number of carbonyl (C=O) groups is 3. The number of benzene rings is 1. The molecule has 2 amide bonds. The van der Waals surface area contributed by atoms with Crippen LogP contribution in [0.2, 0.25) is 0 Å². The van der Waals surface area contributed by atoms with Gasteiger partial charge in [-0.25, -0.2) is 0 Å². The second-order valence-corrected chi connectivity index (χ2v) is 5.95. The van der Waals surface area contributed by atoms with E-state index in [1.54, 1.807) is 29.2 Å². The van der Waals surface area contributed by atoms with Crippen LogP contribution >= 0.6 is 0 Å². The highest BCUT2D eigenvalue weighted by atomic mass is 16.5. The van der Waals surface area contributed by atoms with Gasteiger partial charge in [-0.2, -0.15) is 0 Å². The number of amides is 2. The van der Waals surface area contributed by atoms with Crippen LogP contribution < -0.4 is 10.2 Å². The first-order valence-corrected chi connectivity index (χ1v) is 8.23. The lowest BCUT2D eigenvalue weighted by Gasteiger charge is -2.24. The minimum atomic E-state index is -0.106. The van der Waals surface area contributed by atoms with Gasteiger partial charge in [-0.1, -0.05) is 0 Å². The van der Waals surface area contributed by atoms with Crippen molar-refractivity contribution >= 4 is 23.3 Å². The first-order chi connectivity index (χ1) is 11.5. The van der Waals surface area contributed by atoms with Crippen LogP contribution in [0.4, 0.5) is 5.69 Å². The minimum absolute atomic E-state index is 0.000576. The van der Waals surface area contributed by atoms with E-state index in [1.165, 1.54) is 13.8 Å². The molecule has 6 nitrogen and oxygen atoms in total. The standard InChI is InChI=1S/C18H24N2O4/c1-13(21)15-3-5-17(6-4-15)20(14(2)22)10-9-19-18(23)16-7-11-24-12-8-16/h3-6,16H,7-12H2,1-2H3,(H,19,23). The van der Waals surface area contributed by atoms with Gasteiger partial charge < -0.3 is 15.0 Å². The number of rotatable bonds is 6. The SMILES string of the molecule is CC(=O)c1ccc(N(CCNC(=O)C2CCOCC2)C(C)=O)cc1. The molecule has 1 N–H and O–H groups in total. The Balaban J connectivity index is 1.90. The zero-order chi connectivity index (χ0) is 17.5. The number of Topliss-reactive ketones (excluding diaryl/α,β-unsaturated/α-hetero) is 1. The molecule has 130 valence electrons. The van der Waals surface area contributed by atoms with Gasteiger partial charge in [0.05, 0.1) is 0 Å². The van der Waals surface area contributed by atoms with Gasteiger partial charge in [0.15, 0.2) is 5.78 Å². The normalized spacial score (nSPS) is 14.9. The molecule has 0 aromatic heterocycles. The Hall–Kier alpha value is -2.21. The van der Waals surface area contributed by atoms with Gasteiger partial charge in [0.1, 0.15) is 0 Å². The van der Waals surface area contributed by atoms with Crippen LogP contribution in [0.1, 0.15) is 37.0 Å². The van der Waals surface area contributed by atoms with Crippen molar-refractivity contribution in [3.8, 4) is 0 Å². The third-order valence-corrected chi connectivity index (χ3v) is 4.19. The molecule has 1 aromatic rings. The van der Waals surface area contributed by atoms with Crippen molar-refractivity contribution in [2.45, 2.75) is 26.7 Å². The van der Waals surface area contributed by atoms with Gasteiger partial charge in [-0.05, 0) is 44.0 Å². The average molecular weight is 332 g/mol. The molecule has 0 bridgehead atoms. The Morgan fingerprint density at radius 2 is 1.75 bits per heavy atom. The third-order valence-electron chi connectivity index (χ3n) is 4.19. The largest absolute Gasteiger partial charge is 0.381 e. The Bertz CT molecular complexity index is 592. The molecular weight excluding hydrogens is 308 g/mol. The van der Waals surface area contributed by atoms with Gasteiger partial charge in [0, 0.05) is 50.4 Å². The fourth-order valence-electron chi connectivity index (χ4n) is 2.74. The Morgan fingerprint density at radius 3 is 2.29 bits per heavy atom. The number of hydrogen-bond donors (Lipinski definition) is 1. The summed E-state index contributed by atoms with van der Waals surface area (Å²) >= 11 is 0. The molecule has 6 heteroatoms. The summed E-state index contributed by atoms with van der Waals surface area (Å²) in [6, 6.07) is 6.90. The summed E-state index contributed by atoms with van der Waals surface area (Å²) < 4.78 is 5.25. The molecule has 1 aliphatic rings. The first-order valence-electron chi connectivity index (χ1n) is 8.23. The van der Waals surface area contributed by atoms with E-state index in [2.05, 4.69) is 5.32 Å². The molecule has 0 unspecified atom stereocenters. The Morgan fingerprint density at radius 1 is 1.12 bits per heavy atom. The maximum atomic E-state index is 12.1. The van der Waals surface area contributed by atoms with Crippen LogP contribution in [0, 0.1) is 5.92 Å². The maximum absolute atomic E-state index is 12.1. The molecule has 1 heterocycles. The van der Waals surface area contributed by atoms with Crippen LogP contribution in [0.15, 0.2) is 24.3 Å². The number of carbonyl (C=O) groups excluding carboxylic acids is 3. The minimum Gasteiger partial charge on any atom is -0.381 e. The lowest BCUT2D eigenvalue weighted by molar-refractivity contribution is -0.128. The van der Waals surface area contributed by atoms with E-state index in [0.29, 0.717) is 37.6 Å². The van der Waals surface area contributed by atoms with E-state index in [0.717, 1.165) is 12.8 Å². The molecule has 1 aromatic carbocycles. The fourth-order valence-corrected chi connectivity index (χ4v) is 2.74. The fraction of sp³-hybridized carbons (Fsp3) is 0.500. The van der Waals surface area contributed by atoms with Crippen molar-refractivity contribution in [2.75, 3.05) is 31.2 Å². The van der Waals surface area contributed by atoms with Crippen molar-refractivity contribution in [2.24, 2.45) is 5.92 Å². The van der Waals surface area contributed by atoms with E-state index in [9.17, 15) is 14.4 Å². The molecule has 0 aliphatic carbocycles. The molecule has 24 heavy (non-hydrogen) atoms. The molecule has 0 spiro atoms. The van der Waals surface area contributed by atoms with Crippen molar-refractivity contribution < 1.29 is 19.1 Å². The van der Waals surface area contributed by atoms with E-state index in [4.69, 9.17) is 4.74 Å². The molecule has 1 saturated heterocycles. The summed E-state index contributed by atoms with van der Waals surface area (Å²) in [5, 5.41) is 2.89. The van der Waals surface area contributed by atoms with Gasteiger partial charge >= 0.3 is 0 Å². The monoisotopic (exact) mass is 332 g/mol. The van der Waals surface area contributed by atoms with Crippen LogP contribution in [-0.4, -0.2) is 43.9 Å². The third kappa shape index (κ3) is 4.89. The lowest BCUT2D eigenvalue weighted by atomic mass is 9.99. The Kier molecular flexibility index (Phi) is 6.49. The average Bonchev–Trinajstić information content (AvgIpc) is 2.59. The van der Waals surface area contributed by atoms with Gasteiger partial charge in [0.2, 0.25) is 11.8 Å². The number of anilines is 1. The van der Waals surface area contributed by atoms with Crippen molar-refractivity contribution in [1.82, 2.24) is 5.32 Å². The summed E-state index contributed by atoms with van der Waals surface area (Å²) in [6.07, 6.45) is 1.49. The maximum Gasteiger partial charge on any atom is 0.223 e. The van der Waals surface area contributed by atoms with Crippen LogP contribution in [-0.2, 0) is 14.3 Å². The molecule has 0 atom stereocenters. The second-order valence-electron chi connectivity index (χ2n) is 5.95. The summed E-state index contributed by atoms with van der Waals surface area (Å²) in [6.45, 7) is 5.02. The lowest BCUT2D eigenvalue weighted by Crippen LogP contribution is -2.40. The summed E-state index contributed by atoms with van der Waals surface area (Å²) in [4.78, 5) is 36.9. The molecule has 2 rings (SSSR count). The van der Waals surface area contributed by atoms with E-state index >= 15 is 0 Å². The number of nitrogens with one attached hydrogen (secondary N) is 1. The van der Waals surface area contributed by atoms with Crippen LogP contribution in [0.3, 0.4) is 0 Å². The van der Waals surface area contributed by atoms with Gasteiger partial charge in [-0.15, -0.1) is 0 Å². The smallest absolute Gasteiger partial charge is 0.223 e. The van der Waals surface area contributed by atoms with Gasteiger partial charge in [-0.3, -0.25) is 14.4 Å². The predicted octanol–water partition coefficient (Wildman–Crippen LogP) is 1.78. The highest BCUT2D eigenvalue weighted by molar-refractivity contribution is 5.96. The zero-order valence-electron chi connectivity index (χ0n) is 14.2. The topological polar surface area (TPSA) is 75.7 Å². The van der Waals surface area contributed by atoms with E-state index in [-0.39, 0.29) is 23.5 Å². The summed E-state index contributed by atoms with van der Waals surface area (Å²) in [7, 11) is 0. The highest BCUT2D eigenvalue weighted by Gasteiger charge is 2.21. The van der Waals surface area contributed by atoms with Crippen molar-refractivity contribution in [3.05, 3.63) is 29.8 Å². The van der Waals surface area contributed by atoms with Gasteiger partial charge in [0.25, 0.3) is 0 Å². The molecular formula is C18H24N2O4. The first kappa shape index (κ1) is 18.1. The van der Waals surface area contributed by atoms with Crippen LogP contribution in [0.5, 0.6) is 0 Å². The molecule has 1 aliphatic heterocycles. The Labute approximate surface area is 142 Å². The molecule has 0 saturated carbocycles. The molecule has 0 radical (unpaired) electrons. The summed E-state index contributed by atoms with van der Waals surface area (Å²) in [5.41, 5.74) is 1.32. The second kappa shape index (κ2) is 8.59. The highest BCUT2D eigenvalue weighted by Crippen LogP contribution is 2.16. The quantitative estimate of drug-likeness (QED) is 0.806. The van der Waals surface area contributed by atoms with Crippen LogP contribution in [0.25, 0.3) is 0 Å². The predicted molar refractivity (Wildman–Crippen MR) is 91.0 cm³/mol.